The molecule has 27 heavy (non-hydrogen) atoms. The summed E-state index contributed by atoms with van der Waals surface area (Å²) in [5.74, 6) is -3.92. The van der Waals surface area contributed by atoms with Crippen LogP contribution < -0.4 is 5.73 Å². The molecule has 144 valence electrons. The van der Waals surface area contributed by atoms with Gasteiger partial charge >= 0.3 is 12.1 Å². The second kappa shape index (κ2) is 7.31. The highest BCUT2D eigenvalue weighted by Gasteiger charge is 2.40. The predicted molar refractivity (Wildman–Crippen MR) is 86.1 cm³/mol. The average molecular weight is 384 g/mol. The number of nitrogens with zero attached hydrogens (tertiary/aromatic N) is 1. The summed E-state index contributed by atoms with van der Waals surface area (Å²) < 4.78 is 63.8. The molecule has 2 rings (SSSR count). The van der Waals surface area contributed by atoms with E-state index in [4.69, 9.17) is 15.2 Å². The molecule has 0 aliphatic carbocycles. The van der Waals surface area contributed by atoms with E-state index in [-0.39, 0.29) is 40.5 Å². The molecule has 1 aromatic carbocycles. The fourth-order valence-electron chi connectivity index (χ4n) is 2.86. The Kier molecular flexibility index (Phi) is 5.49. The van der Waals surface area contributed by atoms with Crippen LogP contribution in [0.1, 0.15) is 36.5 Å². The molecule has 1 heterocycles. The van der Waals surface area contributed by atoms with Crippen molar-refractivity contribution in [3.05, 3.63) is 57.4 Å². The van der Waals surface area contributed by atoms with Gasteiger partial charge in [-0.05, 0) is 38.0 Å². The van der Waals surface area contributed by atoms with E-state index in [9.17, 15) is 27.6 Å². The van der Waals surface area contributed by atoms with E-state index < -0.39 is 29.4 Å². The lowest BCUT2D eigenvalue weighted by atomic mass is 9.81. The number of rotatable bonds is 3. The Morgan fingerprint density at radius 1 is 1.37 bits per heavy atom. The monoisotopic (exact) mass is 384 g/mol. The van der Waals surface area contributed by atoms with Gasteiger partial charge in [0.05, 0.1) is 23.7 Å². The van der Waals surface area contributed by atoms with Crippen LogP contribution >= 0.6 is 0 Å². The number of nitriles is 1. The molecular formula is C18H16F4N2O3. The Morgan fingerprint density at radius 3 is 2.52 bits per heavy atom. The van der Waals surface area contributed by atoms with Gasteiger partial charge in [-0.1, -0.05) is 6.07 Å². The Balaban J connectivity index is 2.78. The first-order valence-electron chi connectivity index (χ1n) is 7.85. The summed E-state index contributed by atoms with van der Waals surface area (Å²) in [7, 11) is 0. The Labute approximate surface area is 152 Å². The summed E-state index contributed by atoms with van der Waals surface area (Å²) in [6.45, 7) is 4.08. The Bertz CT molecular complexity index is 895. The van der Waals surface area contributed by atoms with E-state index in [1.807, 2.05) is 0 Å². The molecule has 0 amide bonds. The lowest BCUT2D eigenvalue weighted by molar-refractivity contribution is -0.140. The number of allylic oxidation sites excluding steroid dienone is 2. The number of carbonyl (C=O) groups excluding carboxylic acids is 1. The van der Waals surface area contributed by atoms with E-state index in [2.05, 4.69) is 0 Å². The van der Waals surface area contributed by atoms with Crippen molar-refractivity contribution < 1.29 is 31.8 Å². The minimum absolute atomic E-state index is 0.000334. The van der Waals surface area contributed by atoms with E-state index >= 15 is 0 Å². The SMILES string of the molecule is CCOC(=O)C1=C(C)OC(N)=C(C#N)C1c1cc(C)c(F)c(C(F)(F)F)c1. The van der Waals surface area contributed by atoms with Crippen molar-refractivity contribution in [1.82, 2.24) is 0 Å². The maximum absolute atomic E-state index is 14.0. The van der Waals surface area contributed by atoms with Crippen LogP contribution in [0.15, 0.2) is 34.9 Å². The fourth-order valence-corrected chi connectivity index (χ4v) is 2.86. The third kappa shape index (κ3) is 3.74. The molecule has 1 atom stereocenters. The molecule has 2 N–H and O–H groups in total. The minimum atomic E-state index is -4.96. The molecule has 0 fully saturated rings. The molecule has 5 nitrogen and oxygen atoms in total. The molecule has 1 aliphatic rings. The molecule has 0 spiro atoms. The van der Waals surface area contributed by atoms with Gasteiger partial charge in [0.15, 0.2) is 0 Å². The Hall–Kier alpha value is -3.02. The number of benzene rings is 1. The zero-order chi connectivity index (χ0) is 20.5. The van der Waals surface area contributed by atoms with Crippen LogP contribution in [0.2, 0.25) is 0 Å². The maximum Gasteiger partial charge on any atom is 0.419 e. The summed E-state index contributed by atoms with van der Waals surface area (Å²) >= 11 is 0. The van der Waals surface area contributed by atoms with Gasteiger partial charge in [-0.25, -0.2) is 9.18 Å². The van der Waals surface area contributed by atoms with Crippen molar-refractivity contribution in [3.63, 3.8) is 0 Å². The first-order chi connectivity index (χ1) is 12.5. The molecule has 0 saturated heterocycles. The molecule has 1 aromatic rings. The molecule has 1 unspecified atom stereocenters. The highest BCUT2D eigenvalue weighted by molar-refractivity contribution is 5.92. The van der Waals surface area contributed by atoms with Gasteiger partial charge in [-0.2, -0.15) is 18.4 Å². The van der Waals surface area contributed by atoms with Crippen LogP contribution in [-0.4, -0.2) is 12.6 Å². The quantitative estimate of drug-likeness (QED) is 0.633. The molecule has 0 bridgehead atoms. The number of aryl methyl sites for hydroxylation is 1. The van der Waals surface area contributed by atoms with Crippen LogP contribution in [0.3, 0.4) is 0 Å². The highest BCUT2D eigenvalue weighted by atomic mass is 19.4. The zero-order valence-corrected chi connectivity index (χ0v) is 14.7. The van der Waals surface area contributed by atoms with Crippen molar-refractivity contribution in [2.24, 2.45) is 5.73 Å². The van der Waals surface area contributed by atoms with Crippen molar-refractivity contribution >= 4 is 5.97 Å². The van der Waals surface area contributed by atoms with Gasteiger partial charge in [0, 0.05) is 0 Å². The van der Waals surface area contributed by atoms with Crippen molar-refractivity contribution in [1.29, 1.82) is 5.26 Å². The number of halogens is 4. The number of hydrogen-bond acceptors (Lipinski definition) is 5. The van der Waals surface area contributed by atoms with Crippen molar-refractivity contribution in [3.8, 4) is 6.07 Å². The van der Waals surface area contributed by atoms with E-state index in [1.165, 1.54) is 6.92 Å². The molecule has 0 saturated carbocycles. The molecular weight excluding hydrogens is 368 g/mol. The maximum atomic E-state index is 14.0. The smallest absolute Gasteiger partial charge is 0.419 e. The van der Waals surface area contributed by atoms with E-state index in [0.29, 0.717) is 6.07 Å². The first-order valence-corrected chi connectivity index (χ1v) is 7.85. The van der Waals surface area contributed by atoms with Gasteiger partial charge in [0.25, 0.3) is 0 Å². The van der Waals surface area contributed by atoms with Gasteiger partial charge in [0.1, 0.15) is 23.2 Å². The van der Waals surface area contributed by atoms with E-state index in [1.54, 1.807) is 13.0 Å². The largest absolute Gasteiger partial charge is 0.463 e. The summed E-state index contributed by atoms with van der Waals surface area (Å²) in [6.07, 6.45) is -4.96. The summed E-state index contributed by atoms with van der Waals surface area (Å²) in [6, 6.07) is 3.46. The third-order valence-electron chi connectivity index (χ3n) is 4.02. The normalized spacial score (nSPS) is 17.5. The number of nitrogens with two attached hydrogens (primary N) is 1. The number of ether oxygens (including phenoxy) is 2. The van der Waals surface area contributed by atoms with Crippen LogP contribution in [0, 0.1) is 24.1 Å². The first kappa shape index (κ1) is 20.3. The minimum Gasteiger partial charge on any atom is -0.463 e. The van der Waals surface area contributed by atoms with Crippen LogP contribution in [0.5, 0.6) is 0 Å². The number of alkyl halides is 3. The lowest BCUT2D eigenvalue weighted by Crippen LogP contribution is -2.26. The second-order valence-electron chi connectivity index (χ2n) is 5.81. The summed E-state index contributed by atoms with van der Waals surface area (Å²) in [5.41, 5.74) is 3.35. The highest BCUT2D eigenvalue weighted by Crippen LogP contribution is 2.42. The predicted octanol–water partition coefficient (Wildman–Crippen LogP) is 3.80. The standard InChI is InChI=1S/C18H16F4N2O3/c1-4-26-17(25)13-9(3)27-16(24)11(7-23)14(13)10-5-8(2)15(19)12(6-10)18(20,21)22/h5-6,14H,4,24H2,1-3H3. The van der Waals surface area contributed by atoms with Gasteiger partial charge in [-0.15, -0.1) is 0 Å². The van der Waals surface area contributed by atoms with Crippen LogP contribution in [-0.2, 0) is 20.4 Å². The van der Waals surface area contributed by atoms with Crippen molar-refractivity contribution in [2.75, 3.05) is 6.61 Å². The van der Waals surface area contributed by atoms with Gasteiger partial charge in [0.2, 0.25) is 5.88 Å². The summed E-state index contributed by atoms with van der Waals surface area (Å²) in [5, 5.41) is 9.42. The molecule has 0 aromatic heterocycles. The number of carbonyl (C=O) groups is 1. The third-order valence-corrected chi connectivity index (χ3v) is 4.02. The number of hydrogen-bond donors (Lipinski definition) is 1. The lowest BCUT2D eigenvalue weighted by Gasteiger charge is -2.27. The average Bonchev–Trinajstić information content (AvgIpc) is 2.55. The van der Waals surface area contributed by atoms with Crippen LogP contribution in [0.25, 0.3) is 0 Å². The summed E-state index contributed by atoms with van der Waals surface area (Å²) in [4.78, 5) is 12.4. The van der Waals surface area contributed by atoms with Gasteiger partial charge < -0.3 is 15.2 Å². The molecule has 9 heteroatoms. The topological polar surface area (TPSA) is 85.3 Å². The van der Waals surface area contributed by atoms with E-state index in [0.717, 1.165) is 13.0 Å². The van der Waals surface area contributed by atoms with Crippen LogP contribution in [0.4, 0.5) is 17.6 Å². The molecule has 1 aliphatic heterocycles. The zero-order valence-electron chi connectivity index (χ0n) is 14.7. The fraction of sp³-hybridized carbons (Fsp3) is 0.333. The molecule has 0 radical (unpaired) electrons. The second-order valence-corrected chi connectivity index (χ2v) is 5.81. The Morgan fingerprint density at radius 2 is 2.00 bits per heavy atom. The van der Waals surface area contributed by atoms with Crippen molar-refractivity contribution in [2.45, 2.75) is 32.9 Å². The van der Waals surface area contributed by atoms with Gasteiger partial charge in [-0.3, -0.25) is 0 Å². The number of esters is 1.